The molecule has 4 saturated carbocycles. The zero-order chi connectivity index (χ0) is 16.9. The first kappa shape index (κ1) is 16.1. The number of nitrogens with one attached hydrogen (secondary N) is 1. The molecule has 4 fully saturated rings. The fraction of sp³-hybridized carbons (Fsp3) is 0.667. The van der Waals surface area contributed by atoms with E-state index in [1.165, 1.54) is 23.1 Å². The summed E-state index contributed by atoms with van der Waals surface area (Å²) < 4.78 is 0. The fourth-order valence-electron chi connectivity index (χ4n) is 6.20. The van der Waals surface area contributed by atoms with Crippen LogP contribution in [0.2, 0.25) is 0 Å². The van der Waals surface area contributed by atoms with E-state index in [4.69, 9.17) is 0 Å². The molecule has 0 heterocycles. The van der Waals surface area contributed by atoms with Gasteiger partial charge in [0.15, 0.2) is 0 Å². The number of carbonyl (C=O) groups is 1. The SMILES string of the molecule is Cc1ccc(C)c(CNC(=O)CC23C[C@@H]4C[C@H](CC(O)(C4)C2)C3)c1. The summed E-state index contributed by atoms with van der Waals surface area (Å²) in [7, 11) is 0. The van der Waals surface area contributed by atoms with Gasteiger partial charge in [0.25, 0.3) is 0 Å². The first-order valence-electron chi connectivity index (χ1n) is 9.40. The number of aliphatic hydroxyl groups is 1. The van der Waals surface area contributed by atoms with Gasteiger partial charge in [-0.05, 0) is 80.8 Å². The van der Waals surface area contributed by atoms with Crippen LogP contribution in [-0.2, 0) is 11.3 Å². The van der Waals surface area contributed by atoms with Crippen LogP contribution in [0.1, 0.15) is 61.6 Å². The summed E-state index contributed by atoms with van der Waals surface area (Å²) in [5.41, 5.74) is 3.24. The van der Waals surface area contributed by atoms with Gasteiger partial charge in [0.2, 0.25) is 5.91 Å². The van der Waals surface area contributed by atoms with Gasteiger partial charge in [-0.15, -0.1) is 0 Å². The molecule has 4 bridgehead atoms. The lowest BCUT2D eigenvalue weighted by molar-refractivity contribution is -0.169. The zero-order valence-corrected chi connectivity index (χ0v) is 14.9. The van der Waals surface area contributed by atoms with E-state index in [1.807, 2.05) is 0 Å². The Hall–Kier alpha value is -1.35. The maximum absolute atomic E-state index is 12.6. The highest BCUT2D eigenvalue weighted by atomic mass is 16.3. The molecule has 1 aromatic carbocycles. The Morgan fingerprint density at radius 2 is 1.92 bits per heavy atom. The molecule has 0 unspecified atom stereocenters. The molecule has 4 aliphatic rings. The third kappa shape index (κ3) is 2.99. The Labute approximate surface area is 144 Å². The first-order valence-corrected chi connectivity index (χ1v) is 9.40. The number of rotatable bonds is 4. The van der Waals surface area contributed by atoms with E-state index in [-0.39, 0.29) is 11.3 Å². The Morgan fingerprint density at radius 1 is 1.21 bits per heavy atom. The van der Waals surface area contributed by atoms with E-state index in [0.717, 1.165) is 32.1 Å². The summed E-state index contributed by atoms with van der Waals surface area (Å²) >= 11 is 0. The van der Waals surface area contributed by atoms with Gasteiger partial charge in [0.1, 0.15) is 0 Å². The Bertz CT molecular complexity index is 652. The van der Waals surface area contributed by atoms with Crippen molar-refractivity contribution in [3.63, 3.8) is 0 Å². The number of amides is 1. The summed E-state index contributed by atoms with van der Waals surface area (Å²) in [5.74, 6) is 1.44. The highest BCUT2D eigenvalue weighted by molar-refractivity contribution is 5.76. The van der Waals surface area contributed by atoms with Crippen molar-refractivity contribution in [1.29, 1.82) is 0 Å². The maximum Gasteiger partial charge on any atom is 0.220 e. The van der Waals surface area contributed by atoms with Crippen molar-refractivity contribution >= 4 is 5.91 Å². The maximum atomic E-state index is 12.6. The molecule has 1 amide bonds. The summed E-state index contributed by atoms with van der Waals surface area (Å²) in [6, 6.07) is 6.38. The number of hydrogen-bond acceptors (Lipinski definition) is 2. The van der Waals surface area contributed by atoms with Gasteiger partial charge in [0.05, 0.1) is 5.60 Å². The number of benzene rings is 1. The van der Waals surface area contributed by atoms with Crippen molar-refractivity contribution in [1.82, 2.24) is 5.32 Å². The molecular formula is C21H29NO2. The molecule has 0 radical (unpaired) electrons. The number of carbonyl (C=O) groups excluding carboxylic acids is 1. The van der Waals surface area contributed by atoms with Crippen LogP contribution in [0.25, 0.3) is 0 Å². The molecule has 3 heteroatoms. The average molecular weight is 327 g/mol. The van der Waals surface area contributed by atoms with Gasteiger partial charge >= 0.3 is 0 Å². The van der Waals surface area contributed by atoms with Crippen molar-refractivity contribution in [2.45, 2.75) is 70.9 Å². The molecule has 2 N–H and O–H groups in total. The van der Waals surface area contributed by atoms with Gasteiger partial charge in [-0.25, -0.2) is 0 Å². The lowest BCUT2D eigenvalue weighted by atomic mass is 9.47. The second-order valence-corrected chi connectivity index (χ2v) is 9.07. The Morgan fingerprint density at radius 3 is 2.58 bits per heavy atom. The molecule has 4 aliphatic carbocycles. The molecule has 0 aromatic heterocycles. The molecule has 130 valence electrons. The van der Waals surface area contributed by atoms with Crippen molar-refractivity contribution in [2.75, 3.05) is 0 Å². The lowest BCUT2D eigenvalue weighted by Gasteiger charge is -2.60. The Kier molecular flexibility index (Phi) is 3.76. The standard InChI is InChI=1S/C21H29NO2/c1-14-3-4-15(2)18(5-14)12-22-19(23)11-20-7-16-6-17(8-20)10-21(24,9-16)13-20/h3-5,16-17,24H,6-13H2,1-2H3,(H,22,23)/t16-,17-,20?,21?/m0/s1. The fourth-order valence-corrected chi connectivity index (χ4v) is 6.20. The van der Waals surface area contributed by atoms with Gasteiger partial charge in [-0.3, -0.25) is 4.79 Å². The van der Waals surface area contributed by atoms with Crippen LogP contribution in [-0.4, -0.2) is 16.6 Å². The van der Waals surface area contributed by atoms with Gasteiger partial charge in [-0.1, -0.05) is 23.8 Å². The van der Waals surface area contributed by atoms with Crippen LogP contribution in [0, 0.1) is 31.1 Å². The molecule has 0 aliphatic heterocycles. The van der Waals surface area contributed by atoms with Crippen molar-refractivity contribution in [3.05, 3.63) is 34.9 Å². The molecule has 3 nitrogen and oxygen atoms in total. The Balaban J connectivity index is 1.40. The van der Waals surface area contributed by atoms with E-state index < -0.39 is 5.60 Å². The molecule has 24 heavy (non-hydrogen) atoms. The van der Waals surface area contributed by atoms with Gasteiger partial charge in [-0.2, -0.15) is 0 Å². The third-order valence-electron chi connectivity index (χ3n) is 6.67. The number of hydrogen-bond donors (Lipinski definition) is 2. The summed E-state index contributed by atoms with van der Waals surface area (Å²) in [6.45, 7) is 4.79. The average Bonchev–Trinajstić information content (AvgIpc) is 2.45. The lowest BCUT2D eigenvalue weighted by Crippen LogP contribution is -2.56. The van der Waals surface area contributed by atoms with Crippen LogP contribution >= 0.6 is 0 Å². The second-order valence-electron chi connectivity index (χ2n) is 9.07. The van der Waals surface area contributed by atoms with Crippen molar-refractivity contribution < 1.29 is 9.90 Å². The van der Waals surface area contributed by atoms with E-state index in [1.54, 1.807) is 0 Å². The van der Waals surface area contributed by atoms with Crippen LogP contribution in [0.15, 0.2) is 18.2 Å². The predicted molar refractivity (Wildman–Crippen MR) is 94.4 cm³/mol. The molecule has 5 rings (SSSR count). The normalized spacial score (nSPS) is 36.8. The highest BCUT2D eigenvalue weighted by Crippen LogP contribution is 2.62. The summed E-state index contributed by atoms with van der Waals surface area (Å²) in [5, 5.41) is 14.0. The quantitative estimate of drug-likeness (QED) is 0.887. The largest absolute Gasteiger partial charge is 0.390 e. The predicted octanol–water partition coefficient (Wildman–Crippen LogP) is 3.64. The van der Waals surface area contributed by atoms with Crippen LogP contribution in [0.5, 0.6) is 0 Å². The minimum Gasteiger partial charge on any atom is -0.390 e. The van der Waals surface area contributed by atoms with Crippen molar-refractivity contribution in [3.8, 4) is 0 Å². The van der Waals surface area contributed by atoms with E-state index in [9.17, 15) is 9.90 Å². The summed E-state index contributed by atoms with van der Waals surface area (Å²) in [6.07, 6.45) is 6.92. The highest BCUT2D eigenvalue weighted by Gasteiger charge is 2.57. The molecule has 0 saturated heterocycles. The minimum absolute atomic E-state index is 0.0601. The molecule has 1 aromatic rings. The zero-order valence-electron chi connectivity index (χ0n) is 14.9. The van der Waals surface area contributed by atoms with Gasteiger partial charge in [0, 0.05) is 13.0 Å². The van der Waals surface area contributed by atoms with Crippen molar-refractivity contribution in [2.24, 2.45) is 17.3 Å². The van der Waals surface area contributed by atoms with Crippen LogP contribution < -0.4 is 5.32 Å². The second kappa shape index (κ2) is 5.59. The van der Waals surface area contributed by atoms with E-state index in [2.05, 4.69) is 37.4 Å². The monoisotopic (exact) mass is 327 g/mol. The minimum atomic E-state index is -0.475. The first-order chi connectivity index (χ1) is 11.3. The molecular weight excluding hydrogens is 298 g/mol. The van der Waals surface area contributed by atoms with Crippen LogP contribution in [0.4, 0.5) is 0 Å². The smallest absolute Gasteiger partial charge is 0.220 e. The third-order valence-corrected chi connectivity index (χ3v) is 6.67. The van der Waals surface area contributed by atoms with Gasteiger partial charge < -0.3 is 10.4 Å². The molecule has 0 spiro atoms. The van der Waals surface area contributed by atoms with Crippen LogP contribution in [0.3, 0.4) is 0 Å². The van der Waals surface area contributed by atoms with E-state index in [0.29, 0.717) is 24.8 Å². The molecule has 2 atom stereocenters. The topological polar surface area (TPSA) is 49.3 Å². The number of aryl methyl sites for hydroxylation is 2. The summed E-state index contributed by atoms with van der Waals surface area (Å²) in [4.78, 5) is 12.6. The van der Waals surface area contributed by atoms with E-state index >= 15 is 0 Å².